The molecule has 0 spiro atoms. The van der Waals surface area contributed by atoms with Gasteiger partial charge in [-0.2, -0.15) is 0 Å². The van der Waals surface area contributed by atoms with Gasteiger partial charge in [0.2, 0.25) is 5.95 Å². The third-order valence-corrected chi connectivity index (χ3v) is 5.95. The quantitative estimate of drug-likeness (QED) is 0.553. The first kappa shape index (κ1) is 15.4. The van der Waals surface area contributed by atoms with Crippen LogP contribution >= 0.6 is 11.3 Å². The van der Waals surface area contributed by atoms with E-state index in [9.17, 15) is 4.79 Å². The number of nitrogens with two attached hydrogens (primary N) is 1. The van der Waals surface area contributed by atoms with Gasteiger partial charge in [-0.05, 0) is 49.8 Å². The Morgan fingerprint density at radius 2 is 2.08 bits per heavy atom. The molecule has 0 fully saturated rings. The molecule has 3 aromatic rings. The van der Waals surface area contributed by atoms with Crippen molar-refractivity contribution in [1.82, 2.24) is 9.55 Å². The van der Waals surface area contributed by atoms with Crippen LogP contribution in [0.15, 0.2) is 29.1 Å². The molecule has 3 N–H and O–H groups in total. The molecule has 2 heterocycles. The summed E-state index contributed by atoms with van der Waals surface area (Å²) in [5.41, 5.74) is 5.67. The second-order valence-corrected chi connectivity index (χ2v) is 7.55. The summed E-state index contributed by atoms with van der Waals surface area (Å²) in [7, 11) is 0. The van der Waals surface area contributed by atoms with E-state index in [0.717, 1.165) is 34.3 Å². The molecule has 2 aromatic heterocycles. The van der Waals surface area contributed by atoms with Crippen LogP contribution in [0.5, 0.6) is 0 Å². The molecule has 124 valence electrons. The van der Waals surface area contributed by atoms with Crippen molar-refractivity contribution in [2.45, 2.75) is 39.0 Å². The van der Waals surface area contributed by atoms with Crippen molar-refractivity contribution in [3.63, 3.8) is 0 Å². The predicted octanol–water partition coefficient (Wildman–Crippen LogP) is 3.48. The van der Waals surface area contributed by atoms with Crippen LogP contribution in [-0.2, 0) is 6.42 Å². The molecule has 1 unspecified atom stereocenters. The number of nitrogen functional groups attached to an aromatic ring is 1. The fourth-order valence-corrected chi connectivity index (χ4v) is 4.89. The van der Waals surface area contributed by atoms with Gasteiger partial charge >= 0.3 is 0 Å². The van der Waals surface area contributed by atoms with E-state index in [2.05, 4.69) is 17.3 Å². The second-order valence-electron chi connectivity index (χ2n) is 6.47. The lowest BCUT2D eigenvalue weighted by Crippen LogP contribution is -2.26. The molecule has 6 heteroatoms. The number of hydrogen-bond acceptors (Lipinski definition) is 5. The van der Waals surface area contributed by atoms with Crippen LogP contribution in [0.4, 0.5) is 5.95 Å². The van der Waals surface area contributed by atoms with Crippen molar-refractivity contribution in [1.29, 1.82) is 0 Å². The highest BCUT2D eigenvalue weighted by atomic mass is 32.1. The number of aromatic nitrogens is 2. The molecule has 0 saturated carbocycles. The van der Waals surface area contributed by atoms with Crippen LogP contribution < -0.4 is 16.8 Å². The average Bonchev–Trinajstić information content (AvgIpc) is 2.96. The number of benzene rings is 1. The first-order valence-electron chi connectivity index (χ1n) is 8.22. The van der Waals surface area contributed by atoms with E-state index in [0.29, 0.717) is 11.9 Å². The van der Waals surface area contributed by atoms with Gasteiger partial charge in [-0.25, -0.2) is 15.4 Å². The van der Waals surface area contributed by atoms with Gasteiger partial charge in [0.05, 0.1) is 11.1 Å². The molecule has 0 amide bonds. The number of aryl methyl sites for hydroxylation is 2. The minimum atomic E-state index is -0.0388. The minimum absolute atomic E-state index is 0.0388. The Balaban J connectivity index is 2.06. The van der Waals surface area contributed by atoms with Crippen molar-refractivity contribution in [3.8, 4) is 5.69 Å². The predicted molar refractivity (Wildman–Crippen MR) is 99.1 cm³/mol. The van der Waals surface area contributed by atoms with Crippen molar-refractivity contribution in [2.75, 3.05) is 5.43 Å². The summed E-state index contributed by atoms with van der Waals surface area (Å²) in [5, 5.41) is 0.766. The number of hydrazine groups is 1. The van der Waals surface area contributed by atoms with Crippen molar-refractivity contribution < 1.29 is 0 Å². The molecule has 5 nitrogen and oxygen atoms in total. The molecule has 1 atom stereocenters. The van der Waals surface area contributed by atoms with E-state index >= 15 is 0 Å². The average molecular weight is 340 g/mol. The van der Waals surface area contributed by atoms with Gasteiger partial charge in [0, 0.05) is 4.88 Å². The van der Waals surface area contributed by atoms with E-state index in [-0.39, 0.29) is 5.56 Å². The Bertz CT molecular complexity index is 971. The fourth-order valence-electron chi connectivity index (χ4n) is 3.57. The molecule has 4 rings (SSSR count). The first-order valence-corrected chi connectivity index (χ1v) is 9.03. The van der Waals surface area contributed by atoms with Crippen LogP contribution in [0.3, 0.4) is 0 Å². The van der Waals surface area contributed by atoms with Crippen LogP contribution in [0, 0.1) is 6.92 Å². The number of rotatable bonds is 2. The topological polar surface area (TPSA) is 72.9 Å². The smallest absolute Gasteiger partial charge is 0.268 e. The van der Waals surface area contributed by atoms with Gasteiger partial charge in [0.25, 0.3) is 5.56 Å². The summed E-state index contributed by atoms with van der Waals surface area (Å²) in [6, 6.07) is 7.82. The molecule has 1 aliphatic rings. The molecule has 0 bridgehead atoms. The van der Waals surface area contributed by atoms with Crippen molar-refractivity contribution >= 4 is 27.5 Å². The van der Waals surface area contributed by atoms with E-state index < -0.39 is 0 Å². The van der Waals surface area contributed by atoms with E-state index in [1.165, 1.54) is 16.9 Å². The fraction of sp³-hybridized carbons (Fsp3) is 0.333. The summed E-state index contributed by atoms with van der Waals surface area (Å²) in [4.78, 5) is 20.0. The number of nitrogens with zero attached hydrogens (tertiary/aromatic N) is 2. The zero-order valence-corrected chi connectivity index (χ0v) is 14.6. The highest BCUT2D eigenvalue weighted by Crippen LogP contribution is 2.40. The zero-order valence-electron chi connectivity index (χ0n) is 13.8. The second kappa shape index (κ2) is 5.72. The molecular formula is C18H20N4OS. The summed E-state index contributed by atoms with van der Waals surface area (Å²) in [5.74, 6) is 6.44. The Hall–Kier alpha value is -2.18. The van der Waals surface area contributed by atoms with Gasteiger partial charge in [0.1, 0.15) is 4.83 Å². The molecule has 0 radical (unpaired) electrons. The minimum Gasteiger partial charge on any atom is -0.293 e. The Labute approximate surface area is 144 Å². The number of hydrogen-bond donors (Lipinski definition) is 2. The number of nitrogens with one attached hydrogen (secondary N) is 1. The summed E-state index contributed by atoms with van der Waals surface area (Å²) in [6.07, 6.45) is 3.34. The van der Waals surface area contributed by atoms with E-state index in [4.69, 9.17) is 5.84 Å². The van der Waals surface area contributed by atoms with Crippen molar-refractivity contribution in [2.24, 2.45) is 5.84 Å². The summed E-state index contributed by atoms with van der Waals surface area (Å²) >= 11 is 1.63. The SMILES string of the molecule is Cc1ccc(-n2c(NN)nc3sc4c(c3c2=O)C(C)CCC4)cc1. The summed E-state index contributed by atoms with van der Waals surface area (Å²) < 4.78 is 1.58. The summed E-state index contributed by atoms with van der Waals surface area (Å²) in [6.45, 7) is 4.22. The first-order chi connectivity index (χ1) is 11.6. The Morgan fingerprint density at radius 1 is 1.33 bits per heavy atom. The molecule has 0 saturated heterocycles. The normalized spacial score (nSPS) is 17.0. The molecular weight excluding hydrogens is 320 g/mol. The maximum absolute atomic E-state index is 13.3. The maximum atomic E-state index is 13.3. The molecule has 1 aromatic carbocycles. The van der Waals surface area contributed by atoms with Gasteiger partial charge in [-0.3, -0.25) is 10.2 Å². The van der Waals surface area contributed by atoms with Crippen LogP contribution in [0.1, 0.15) is 41.7 Å². The molecule has 1 aliphatic carbocycles. The van der Waals surface area contributed by atoms with E-state index in [1.807, 2.05) is 31.2 Å². The van der Waals surface area contributed by atoms with Gasteiger partial charge in [-0.15, -0.1) is 11.3 Å². The van der Waals surface area contributed by atoms with Gasteiger partial charge in [0.15, 0.2) is 0 Å². The third kappa shape index (κ3) is 2.25. The maximum Gasteiger partial charge on any atom is 0.268 e. The monoisotopic (exact) mass is 340 g/mol. The van der Waals surface area contributed by atoms with Gasteiger partial charge in [-0.1, -0.05) is 24.6 Å². The lowest BCUT2D eigenvalue weighted by molar-refractivity contribution is 0.601. The van der Waals surface area contributed by atoms with Gasteiger partial charge < -0.3 is 0 Å². The highest BCUT2D eigenvalue weighted by Gasteiger charge is 2.26. The zero-order chi connectivity index (χ0) is 16.8. The third-order valence-electron chi connectivity index (χ3n) is 4.79. The lowest BCUT2D eigenvalue weighted by Gasteiger charge is -2.19. The lowest BCUT2D eigenvalue weighted by atomic mass is 9.88. The Morgan fingerprint density at radius 3 is 2.79 bits per heavy atom. The number of fused-ring (bicyclic) bond motifs is 3. The standard InChI is InChI=1S/C18H20N4OS/c1-10-6-8-12(9-7-10)22-17(23)15-14-11(2)4-3-5-13(14)24-16(15)20-18(22)21-19/h6-9,11H,3-5,19H2,1-2H3,(H,20,21). The number of thiophene rings is 1. The van der Waals surface area contributed by atoms with Crippen LogP contribution in [0.25, 0.3) is 15.9 Å². The largest absolute Gasteiger partial charge is 0.293 e. The highest BCUT2D eigenvalue weighted by molar-refractivity contribution is 7.18. The van der Waals surface area contributed by atoms with E-state index in [1.54, 1.807) is 15.9 Å². The molecule has 0 aliphatic heterocycles. The van der Waals surface area contributed by atoms with Crippen molar-refractivity contribution in [3.05, 3.63) is 50.6 Å². The van der Waals surface area contributed by atoms with Crippen LogP contribution in [-0.4, -0.2) is 9.55 Å². The Kier molecular flexibility index (Phi) is 3.66. The number of anilines is 1. The molecule has 24 heavy (non-hydrogen) atoms. The van der Waals surface area contributed by atoms with Crippen LogP contribution in [0.2, 0.25) is 0 Å².